The third kappa shape index (κ3) is 7.54. The van der Waals surface area contributed by atoms with Crippen LogP contribution in [0.4, 0.5) is 23.2 Å². The largest absolute Gasteiger partial charge is 0.417 e. The van der Waals surface area contributed by atoms with Crippen molar-refractivity contribution >= 4 is 11.6 Å². The van der Waals surface area contributed by atoms with E-state index in [2.05, 4.69) is 10.4 Å². The molecule has 29 heavy (non-hydrogen) atoms. The SMILES string of the molecule is CC.CC.C[C@](O)(Cn1cc(F)cn1)C(=O)Nc1ccc(C#N)c(C(F)(F)F)c1. The van der Waals surface area contributed by atoms with Gasteiger partial charge in [-0.15, -0.1) is 0 Å². The van der Waals surface area contributed by atoms with Gasteiger partial charge in [0.25, 0.3) is 5.91 Å². The highest BCUT2D eigenvalue weighted by molar-refractivity contribution is 5.96. The molecule has 10 heteroatoms. The summed E-state index contributed by atoms with van der Waals surface area (Å²) in [7, 11) is 0. The lowest BCUT2D eigenvalue weighted by Crippen LogP contribution is -2.43. The molecule has 6 nitrogen and oxygen atoms in total. The zero-order chi connectivity index (χ0) is 22.8. The van der Waals surface area contributed by atoms with Crippen LogP contribution in [-0.4, -0.2) is 26.4 Å². The lowest BCUT2D eigenvalue weighted by atomic mass is 10.0. The van der Waals surface area contributed by atoms with Gasteiger partial charge >= 0.3 is 6.18 Å². The summed E-state index contributed by atoms with van der Waals surface area (Å²) >= 11 is 0. The highest BCUT2D eigenvalue weighted by Crippen LogP contribution is 2.33. The summed E-state index contributed by atoms with van der Waals surface area (Å²) < 4.78 is 52.6. The Morgan fingerprint density at radius 2 is 1.86 bits per heavy atom. The van der Waals surface area contributed by atoms with Gasteiger partial charge in [-0.25, -0.2) is 4.39 Å². The van der Waals surface area contributed by atoms with Crippen molar-refractivity contribution < 1.29 is 27.5 Å². The molecule has 2 aromatic rings. The molecule has 0 unspecified atom stereocenters. The quantitative estimate of drug-likeness (QED) is 0.725. The maximum absolute atomic E-state index is 12.9. The lowest BCUT2D eigenvalue weighted by Gasteiger charge is -2.22. The number of nitriles is 1. The molecular weight excluding hydrogens is 392 g/mol. The summed E-state index contributed by atoms with van der Waals surface area (Å²) in [5.41, 5.74) is -4.11. The molecule has 1 heterocycles. The molecule has 0 bridgehead atoms. The van der Waals surface area contributed by atoms with E-state index in [-0.39, 0.29) is 5.69 Å². The maximum atomic E-state index is 12.9. The molecule has 0 spiro atoms. The Morgan fingerprint density at radius 3 is 2.31 bits per heavy atom. The lowest BCUT2D eigenvalue weighted by molar-refractivity contribution is -0.138. The predicted molar refractivity (Wildman–Crippen MR) is 100 cm³/mol. The predicted octanol–water partition coefficient (Wildman–Crippen LogP) is 4.35. The molecule has 0 radical (unpaired) electrons. The average molecular weight is 416 g/mol. The number of carbonyl (C=O) groups is 1. The van der Waals surface area contributed by atoms with Crippen LogP contribution in [0.1, 0.15) is 45.7 Å². The Balaban J connectivity index is 0.00000184. The molecule has 0 aliphatic carbocycles. The first-order valence-corrected chi connectivity index (χ1v) is 8.86. The summed E-state index contributed by atoms with van der Waals surface area (Å²) in [6.07, 6.45) is -2.95. The third-order valence-electron chi connectivity index (χ3n) is 3.26. The number of alkyl halides is 3. The summed E-state index contributed by atoms with van der Waals surface area (Å²) in [6, 6.07) is 4.04. The highest BCUT2D eigenvalue weighted by atomic mass is 19.4. The van der Waals surface area contributed by atoms with Gasteiger partial charge < -0.3 is 10.4 Å². The molecule has 2 N–H and O–H groups in total. The Morgan fingerprint density at radius 1 is 1.28 bits per heavy atom. The van der Waals surface area contributed by atoms with Gasteiger partial charge in [0.05, 0.1) is 36.1 Å². The van der Waals surface area contributed by atoms with Crippen molar-refractivity contribution in [2.45, 2.75) is 52.9 Å². The minimum atomic E-state index is -4.78. The van der Waals surface area contributed by atoms with Crippen molar-refractivity contribution in [1.29, 1.82) is 5.26 Å². The Hall–Kier alpha value is -2.93. The van der Waals surface area contributed by atoms with E-state index in [0.29, 0.717) is 6.07 Å². The standard InChI is InChI=1S/C15H12F4N4O2.2C2H6/c1-14(25,8-23-7-10(16)6-21-23)13(24)22-11-3-2-9(5-20)12(4-11)15(17,18)19;2*1-2/h2-4,6-7,25H,8H2,1H3,(H,22,24);2*1-2H3/t14-;;/m0../s1. The molecule has 1 aromatic heterocycles. The Bertz CT molecular complexity index is 839. The van der Waals surface area contributed by atoms with Gasteiger partial charge in [0.15, 0.2) is 11.4 Å². The fourth-order valence-electron chi connectivity index (χ4n) is 2.03. The van der Waals surface area contributed by atoms with Gasteiger partial charge in [0.1, 0.15) is 0 Å². The molecule has 1 atom stereocenters. The number of nitrogens with zero attached hydrogens (tertiary/aromatic N) is 3. The number of aromatic nitrogens is 2. The van der Waals surface area contributed by atoms with E-state index >= 15 is 0 Å². The molecule has 0 saturated heterocycles. The Kier molecular flexibility index (Phi) is 10.0. The summed E-state index contributed by atoms with van der Waals surface area (Å²) in [6.45, 7) is 8.70. The van der Waals surface area contributed by atoms with Gasteiger partial charge in [-0.05, 0) is 25.1 Å². The molecule has 0 saturated carbocycles. The molecule has 2 rings (SSSR count). The number of benzene rings is 1. The highest BCUT2D eigenvalue weighted by Gasteiger charge is 2.35. The van der Waals surface area contributed by atoms with Crippen LogP contribution in [0.2, 0.25) is 0 Å². The van der Waals surface area contributed by atoms with E-state index in [0.717, 1.165) is 36.1 Å². The molecule has 1 aromatic carbocycles. The number of carbonyl (C=O) groups excluding carboxylic acids is 1. The topological polar surface area (TPSA) is 90.9 Å². The van der Waals surface area contributed by atoms with Crippen molar-refractivity contribution in [3.63, 3.8) is 0 Å². The van der Waals surface area contributed by atoms with Crippen molar-refractivity contribution in [2.24, 2.45) is 0 Å². The average Bonchev–Trinajstić information content (AvgIpc) is 3.08. The van der Waals surface area contributed by atoms with Crippen molar-refractivity contribution in [2.75, 3.05) is 5.32 Å². The fraction of sp³-hybridized carbons (Fsp3) is 0.421. The second-order valence-corrected chi connectivity index (χ2v) is 5.45. The van der Waals surface area contributed by atoms with E-state index in [1.165, 1.54) is 6.07 Å². The number of amides is 1. The van der Waals surface area contributed by atoms with Crippen molar-refractivity contribution in [1.82, 2.24) is 9.78 Å². The number of rotatable bonds is 4. The zero-order valence-corrected chi connectivity index (χ0v) is 16.8. The van der Waals surface area contributed by atoms with Gasteiger partial charge in [-0.1, -0.05) is 27.7 Å². The van der Waals surface area contributed by atoms with E-state index in [1.54, 1.807) is 0 Å². The summed E-state index contributed by atoms with van der Waals surface area (Å²) in [5.74, 6) is -1.68. The van der Waals surface area contributed by atoms with E-state index in [1.807, 2.05) is 27.7 Å². The minimum Gasteiger partial charge on any atom is -0.378 e. The molecular formula is C19H24F4N4O2. The fourth-order valence-corrected chi connectivity index (χ4v) is 2.03. The van der Waals surface area contributed by atoms with E-state index < -0.39 is 41.2 Å². The maximum Gasteiger partial charge on any atom is 0.417 e. The van der Waals surface area contributed by atoms with Crippen LogP contribution in [0, 0.1) is 17.1 Å². The van der Waals surface area contributed by atoms with Crippen molar-refractivity contribution in [3.05, 3.63) is 47.5 Å². The first kappa shape index (κ1) is 26.1. The first-order chi connectivity index (χ1) is 13.5. The van der Waals surface area contributed by atoms with Crippen LogP contribution in [0.3, 0.4) is 0 Å². The van der Waals surface area contributed by atoms with Crippen LogP contribution in [0.25, 0.3) is 0 Å². The monoisotopic (exact) mass is 416 g/mol. The number of halogens is 4. The van der Waals surface area contributed by atoms with Crippen LogP contribution in [0.15, 0.2) is 30.6 Å². The summed E-state index contributed by atoms with van der Waals surface area (Å²) in [4.78, 5) is 12.1. The van der Waals surface area contributed by atoms with Gasteiger partial charge in [0.2, 0.25) is 0 Å². The normalized spacial score (nSPS) is 12.3. The number of hydrogen-bond acceptors (Lipinski definition) is 4. The third-order valence-corrected chi connectivity index (χ3v) is 3.26. The van der Waals surface area contributed by atoms with E-state index in [4.69, 9.17) is 5.26 Å². The number of aliphatic hydroxyl groups is 1. The smallest absolute Gasteiger partial charge is 0.378 e. The van der Waals surface area contributed by atoms with Crippen LogP contribution < -0.4 is 5.32 Å². The number of nitrogens with one attached hydrogen (secondary N) is 1. The van der Waals surface area contributed by atoms with Gasteiger partial charge in [-0.2, -0.15) is 23.5 Å². The molecule has 0 aliphatic rings. The minimum absolute atomic E-state index is 0.247. The van der Waals surface area contributed by atoms with Crippen LogP contribution >= 0.6 is 0 Å². The van der Waals surface area contributed by atoms with Crippen LogP contribution in [0.5, 0.6) is 0 Å². The second-order valence-electron chi connectivity index (χ2n) is 5.45. The Labute approximate surface area is 166 Å². The van der Waals surface area contributed by atoms with E-state index in [9.17, 15) is 27.5 Å². The first-order valence-electron chi connectivity index (χ1n) is 8.86. The molecule has 0 fully saturated rings. The number of anilines is 1. The molecule has 160 valence electrons. The summed E-state index contributed by atoms with van der Waals surface area (Å²) in [5, 5.41) is 24.6. The number of hydrogen-bond donors (Lipinski definition) is 2. The van der Waals surface area contributed by atoms with Gasteiger partial charge in [0, 0.05) is 5.69 Å². The zero-order valence-electron chi connectivity index (χ0n) is 16.8. The molecule has 0 aliphatic heterocycles. The van der Waals surface area contributed by atoms with Gasteiger partial charge in [-0.3, -0.25) is 9.48 Å². The van der Waals surface area contributed by atoms with Crippen molar-refractivity contribution in [3.8, 4) is 6.07 Å². The molecule has 1 amide bonds. The second kappa shape index (κ2) is 11.2. The van der Waals surface area contributed by atoms with Crippen LogP contribution in [-0.2, 0) is 17.5 Å².